The van der Waals surface area contributed by atoms with Crippen LogP contribution in [0.15, 0.2) is 59.7 Å². The minimum absolute atomic E-state index is 0.0579. The Labute approximate surface area is 172 Å². The Kier molecular flexibility index (Phi) is 5.57. The molecule has 4 rings (SSSR count). The molecule has 0 atom stereocenters. The molecular formula is C22H19N3O3S. The highest BCUT2D eigenvalue weighted by molar-refractivity contribution is 7.99. The number of thioether (sulfide) groups is 1. The number of carbonyl (C=O) groups is 1. The molecule has 3 aromatic carbocycles. The number of nitro groups is 1. The minimum Gasteiger partial charge on any atom is -0.272 e. The summed E-state index contributed by atoms with van der Waals surface area (Å²) in [6.07, 6.45) is 3.84. The fourth-order valence-electron chi connectivity index (χ4n) is 3.61. The molecule has 0 bridgehead atoms. The molecular weight excluding hydrogens is 386 g/mol. The van der Waals surface area contributed by atoms with Crippen LogP contribution in [0.1, 0.15) is 22.3 Å². The summed E-state index contributed by atoms with van der Waals surface area (Å²) < 4.78 is 0. The Balaban J connectivity index is 1.32. The van der Waals surface area contributed by atoms with Gasteiger partial charge in [0.05, 0.1) is 16.9 Å². The summed E-state index contributed by atoms with van der Waals surface area (Å²) in [5.41, 5.74) is 7.15. The van der Waals surface area contributed by atoms with Gasteiger partial charge in [0.25, 0.3) is 5.69 Å². The van der Waals surface area contributed by atoms with Gasteiger partial charge in [0, 0.05) is 23.4 Å². The average Bonchev–Trinajstić information content (AvgIpc) is 3.15. The molecule has 0 saturated carbocycles. The van der Waals surface area contributed by atoms with Crippen molar-refractivity contribution >= 4 is 40.3 Å². The van der Waals surface area contributed by atoms with Crippen molar-refractivity contribution in [3.63, 3.8) is 0 Å². The Morgan fingerprint density at radius 2 is 1.93 bits per heavy atom. The summed E-state index contributed by atoms with van der Waals surface area (Å²) in [5, 5.41) is 17.4. The molecule has 0 fully saturated rings. The molecule has 7 heteroatoms. The third-order valence-corrected chi connectivity index (χ3v) is 5.93. The third kappa shape index (κ3) is 4.30. The molecule has 1 aliphatic carbocycles. The lowest BCUT2D eigenvalue weighted by molar-refractivity contribution is -0.384. The van der Waals surface area contributed by atoms with Gasteiger partial charge in [0.1, 0.15) is 0 Å². The van der Waals surface area contributed by atoms with Crippen LogP contribution in [0.25, 0.3) is 10.8 Å². The number of nitrogens with one attached hydrogen (secondary N) is 1. The van der Waals surface area contributed by atoms with Crippen molar-refractivity contribution in [3.8, 4) is 0 Å². The first-order chi connectivity index (χ1) is 14.1. The van der Waals surface area contributed by atoms with Crippen LogP contribution in [-0.4, -0.2) is 22.8 Å². The van der Waals surface area contributed by atoms with Crippen LogP contribution in [0.3, 0.4) is 0 Å². The minimum atomic E-state index is -0.421. The summed E-state index contributed by atoms with van der Waals surface area (Å²) in [6.45, 7) is 0. The van der Waals surface area contributed by atoms with Gasteiger partial charge in [0.2, 0.25) is 5.91 Å². The zero-order valence-corrected chi connectivity index (χ0v) is 16.4. The highest BCUT2D eigenvalue weighted by Crippen LogP contribution is 2.32. The van der Waals surface area contributed by atoms with Crippen molar-refractivity contribution in [3.05, 3.63) is 87.0 Å². The molecule has 29 heavy (non-hydrogen) atoms. The van der Waals surface area contributed by atoms with E-state index in [1.54, 1.807) is 12.3 Å². The van der Waals surface area contributed by atoms with E-state index in [0.29, 0.717) is 5.75 Å². The maximum atomic E-state index is 12.0. The summed E-state index contributed by atoms with van der Waals surface area (Å²) in [4.78, 5) is 22.4. The number of hydrogen-bond donors (Lipinski definition) is 1. The molecule has 0 radical (unpaired) electrons. The molecule has 1 N–H and O–H groups in total. The van der Waals surface area contributed by atoms with Crippen molar-refractivity contribution in [2.75, 3.05) is 5.75 Å². The topological polar surface area (TPSA) is 84.6 Å². The molecule has 0 saturated heterocycles. The number of nitro benzene ring substituents is 1. The van der Waals surface area contributed by atoms with E-state index in [1.807, 2.05) is 12.1 Å². The van der Waals surface area contributed by atoms with E-state index < -0.39 is 4.92 Å². The van der Waals surface area contributed by atoms with Crippen molar-refractivity contribution in [1.82, 2.24) is 5.43 Å². The number of aryl methyl sites for hydroxylation is 2. The van der Waals surface area contributed by atoms with Crippen LogP contribution >= 0.6 is 11.8 Å². The van der Waals surface area contributed by atoms with Gasteiger partial charge >= 0.3 is 0 Å². The van der Waals surface area contributed by atoms with E-state index in [4.69, 9.17) is 0 Å². The lowest BCUT2D eigenvalue weighted by atomic mass is 10.0. The first kappa shape index (κ1) is 19.1. The molecule has 6 nitrogen and oxygen atoms in total. The van der Waals surface area contributed by atoms with Crippen LogP contribution in [0.4, 0.5) is 5.69 Å². The number of rotatable bonds is 7. The zero-order valence-electron chi connectivity index (χ0n) is 15.6. The van der Waals surface area contributed by atoms with Crippen LogP contribution in [0, 0.1) is 10.1 Å². The predicted molar refractivity (Wildman–Crippen MR) is 116 cm³/mol. The monoisotopic (exact) mass is 405 g/mol. The van der Waals surface area contributed by atoms with Crippen molar-refractivity contribution in [2.24, 2.45) is 5.10 Å². The van der Waals surface area contributed by atoms with Gasteiger partial charge in [-0.25, -0.2) is 5.43 Å². The highest BCUT2D eigenvalue weighted by Gasteiger charge is 2.15. The van der Waals surface area contributed by atoms with E-state index in [1.165, 1.54) is 40.4 Å². The molecule has 0 spiro atoms. The Hall–Kier alpha value is -3.19. The number of benzene rings is 3. The Morgan fingerprint density at radius 1 is 1.14 bits per heavy atom. The fraction of sp³-hybridized carbons (Fsp3) is 0.182. The number of carbonyl (C=O) groups excluding carboxylic acids is 1. The van der Waals surface area contributed by atoms with Gasteiger partial charge in [0.15, 0.2) is 0 Å². The van der Waals surface area contributed by atoms with Crippen LogP contribution < -0.4 is 5.43 Å². The van der Waals surface area contributed by atoms with E-state index >= 15 is 0 Å². The standard InChI is InChI=1S/C22H19N3O3S/c26-21(14-29-13-15-3-1-5-19(11-15)25(27)28)24-23-12-18-10-9-17-8-7-16-4-2-6-20(18)22(16)17/h1-6,9-12H,7-8,13-14H2,(H,24,26)/b23-12-. The van der Waals surface area contributed by atoms with Crippen molar-refractivity contribution in [2.45, 2.75) is 18.6 Å². The molecule has 146 valence electrons. The molecule has 0 aliphatic heterocycles. The molecule has 0 heterocycles. The van der Waals surface area contributed by atoms with Gasteiger partial charge in [-0.3, -0.25) is 14.9 Å². The number of hydrogen-bond acceptors (Lipinski definition) is 5. The Morgan fingerprint density at radius 3 is 2.76 bits per heavy atom. The summed E-state index contributed by atoms with van der Waals surface area (Å²) >= 11 is 1.39. The van der Waals surface area contributed by atoms with Gasteiger partial charge in [-0.1, -0.05) is 42.5 Å². The van der Waals surface area contributed by atoms with Crippen molar-refractivity contribution in [1.29, 1.82) is 0 Å². The van der Waals surface area contributed by atoms with Gasteiger partial charge < -0.3 is 0 Å². The van der Waals surface area contributed by atoms with Gasteiger partial charge in [-0.05, 0) is 40.3 Å². The number of non-ortho nitro benzene ring substituents is 1. The van der Waals surface area contributed by atoms with Crippen LogP contribution in [0.2, 0.25) is 0 Å². The van der Waals surface area contributed by atoms with E-state index in [0.717, 1.165) is 29.4 Å². The normalized spacial score (nSPS) is 12.6. The first-order valence-corrected chi connectivity index (χ1v) is 10.4. The highest BCUT2D eigenvalue weighted by atomic mass is 32.2. The molecule has 3 aromatic rings. The van der Waals surface area contributed by atoms with Gasteiger partial charge in [-0.15, -0.1) is 11.8 Å². The molecule has 1 aliphatic rings. The summed E-state index contributed by atoms with van der Waals surface area (Å²) in [5.74, 6) is 0.542. The maximum Gasteiger partial charge on any atom is 0.269 e. The largest absolute Gasteiger partial charge is 0.272 e. The summed E-state index contributed by atoms with van der Waals surface area (Å²) in [6, 6.07) is 16.9. The second kappa shape index (κ2) is 8.45. The second-order valence-electron chi connectivity index (χ2n) is 6.87. The number of nitrogens with zero attached hydrogens (tertiary/aromatic N) is 2. The van der Waals surface area contributed by atoms with Crippen molar-refractivity contribution < 1.29 is 9.72 Å². The third-order valence-electron chi connectivity index (χ3n) is 4.93. The van der Waals surface area contributed by atoms with Crippen LogP contribution in [0.5, 0.6) is 0 Å². The maximum absolute atomic E-state index is 12.0. The molecule has 0 aromatic heterocycles. The second-order valence-corrected chi connectivity index (χ2v) is 7.85. The number of hydrazone groups is 1. The summed E-state index contributed by atoms with van der Waals surface area (Å²) in [7, 11) is 0. The smallest absolute Gasteiger partial charge is 0.269 e. The van der Waals surface area contributed by atoms with Gasteiger partial charge in [-0.2, -0.15) is 5.10 Å². The van der Waals surface area contributed by atoms with E-state index in [-0.39, 0.29) is 17.3 Å². The lowest BCUT2D eigenvalue weighted by Crippen LogP contribution is -2.19. The SMILES string of the molecule is O=C(CSCc1cccc([N+](=O)[O-])c1)N/N=C\c1ccc2c3c(cccc13)CC2. The fourth-order valence-corrected chi connectivity index (χ4v) is 4.38. The lowest BCUT2D eigenvalue weighted by Gasteiger charge is -2.05. The predicted octanol–water partition coefficient (Wildman–Crippen LogP) is 4.23. The Bertz CT molecular complexity index is 1120. The van der Waals surface area contributed by atoms with E-state index in [2.05, 4.69) is 34.8 Å². The molecule has 0 unspecified atom stereocenters. The van der Waals surface area contributed by atoms with Crippen LogP contribution in [-0.2, 0) is 23.4 Å². The number of amides is 1. The van der Waals surface area contributed by atoms with E-state index in [9.17, 15) is 14.9 Å². The zero-order chi connectivity index (χ0) is 20.2. The first-order valence-electron chi connectivity index (χ1n) is 9.28. The molecule has 1 amide bonds. The average molecular weight is 405 g/mol. The quantitative estimate of drug-likeness (QED) is 0.362.